The van der Waals surface area contributed by atoms with Crippen LogP contribution in [-0.2, 0) is 10.8 Å². The molecule has 0 unspecified atom stereocenters. The maximum absolute atomic E-state index is 11.5. The maximum atomic E-state index is 11.5. The summed E-state index contributed by atoms with van der Waals surface area (Å²) in [5.74, 6) is 1.07. The van der Waals surface area contributed by atoms with Crippen LogP contribution in [-0.4, -0.2) is 20.4 Å². The molecule has 0 bridgehead atoms. The van der Waals surface area contributed by atoms with Crippen molar-refractivity contribution < 1.29 is 20.4 Å². The van der Waals surface area contributed by atoms with Gasteiger partial charge in [0.15, 0.2) is 0 Å². The molecule has 0 amide bonds. The molecule has 0 spiro atoms. The molecule has 10 aromatic rings. The first-order valence-electron chi connectivity index (χ1n) is 23.6. The Morgan fingerprint density at radius 2 is 0.429 bits per heavy atom. The fraction of sp³-hybridized carbons (Fsp3) is 0.0909. The Morgan fingerprint density at radius 3 is 0.671 bits per heavy atom. The highest BCUT2D eigenvalue weighted by Crippen LogP contribution is 2.47. The zero-order valence-corrected chi connectivity index (χ0v) is 39.9. The number of aromatic hydroxyl groups is 4. The van der Waals surface area contributed by atoms with Crippen LogP contribution in [0.5, 0.6) is 23.0 Å². The second kappa shape index (κ2) is 19.9. The predicted molar refractivity (Wildman–Crippen MR) is 289 cm³/mol. The summed E-state index contributed by atoms with van der Waals surface area (Å²) < 4.78 is 0. The van der Waals surface area contributed by atoms with Crippen molar-refractivity contribution >= 4 is 0 Å². The Hall–Kier alpha value is -8.60. The number of hydrogen-bond donors (Lipinski definition) is 4. The van der Waals surface area contributed by atoms with Gasteiger partial charge in [-0.2, -0.15) is 0 Å². The molecule has 0 aromatic heterocycles. The van der Waals surface area contributed by atoms with Crippen LogP contribution in [0.3, 0.4) is 0 Å². The summed E-state index contributed by atoms with van der Waals surface area (Å²) in [7, 11) is 0. The summed E-state index contributed by atoms with van der Waals surface area (Å²) in [6.07, 6.45) is 0. The first kappa shape index (κ1) is 46.5. The third-order valence-electron chi connectivity index (χ3n) is 13.6. The van der Waals surface area contributed by atoms with E-state index in [1.807, 2.05) is 194 Å². The number of rotatable bonds is 10. The second-order valence-electron chi connectivity index (χ2n) is 18.7. The summed E-state index contributed by atoms with van der Waals surface area (Å²) in [6.45, 7) is 8.74. The van der Waals surface area contributed by atoms with Crippen LogP contribution in [0.1, 0.15) is 49.9 Å². The van der Waals surface area contributed by atoms with E-state index in [0.717, 1.165) is 89.0 Å². The minimum atomic E-state index is -0.471. The van der Waals surface area contributed by atoms with Gasteiger partial charge in [0.2, 0.25) is 0 Å². The van der Waals surface area contributed by atoms with Crippen molar-refractivity contribution in [1.82, 2.24) is 0 Å². The van der Waals surface area contributed by atoms with E-state index in [9.17, 15) is 20.4 Å². The van der Waals surface area contributed by atoms with E-state index in [1.54, 1.807) is 12.1 Å². The zero-order chi connectivity index (χ0) is 48.8. The molecule has 0 aliphatic rings. The summed E-state index contributed by atoms with van der Waals surface area (Å²) in [6, 6.07) is 79.9. The van der Waals surface area contributed by atoms with E-state index < -0.39 is 5.41 Å². The summed E-state index contributed by atoms with van der Waals surface area (Å²) in [5, 5.41) is 43.9. The molecule has 0 saturated carbocycles. The van der Waals surface area contributed by atoms with Crippen LogP contribution in [0.15, 0.2) is 243 Å². The summed E-state index contributed by atoms with van der Waals surface area (Å²) >= 11 is 0. The van der Waals surface area contributed by atoms with Gasteiger partial charge in [-0.15, -0.1) is 0 Å². The predicted octanol–water partition coefficient (Wildman–Crippen LogP) is 16.8. The van der Waals surface area contributed by atoms with Gasteiger partial charge in [0.25, 0.3) is 0 Å². The second-order valence-corrected chi connectivity index (χ2v) is 18.7. The van der Waals surface area contributed by atoms with E-state index in [0.29, 0.717) is 0 Å². The molecule has 10 aromatic carbocycles. The average molecular weight is 913 g/mol. The van der Waals surface area contributed by atoms with Gasteiger partial charge in [-0.1, -0.05) is 222 Å². The van der Waals surface area contributed by atoms with Gasteiger partial charge in [-0.3, -0.25) is 0 Å². The molecule has 0 aliphatic carbocycles. The minimum absolute atomic E-state index is 0.266. The Balaban J connectivity index is 0.000000185. The van der Waals surface area contributed by atoms with E-state index in [-0.39, 0.29) is 28.4 Å². The number of phenolic OH excluding ortho intramolecular Hbond substituents is 4. The van der Waals surface area contributed by atoms with Crippen LogP contribution < -0.4 is 0 Å². The topological polar surface area (TPSA) is 80.9 Å². The molecule has 70 heavy (non-hydrogen) atoms. The van der Waals surface area contributed by atoms with Gasteiger partial charge in [-0.05, 0) is 104 Å². The lowest BCUT2D eigenvalue weighted by Crippen LogP contribution is -2.19. The monoisotopic (exact) mass is 912 g/mol. The van der Waals surface area contributed by atoms with Crippen LogP contribution >= 0.6 is 0 Å². The Morgan fingerprint density at radius 1 is 0.229 bits per heavy atom. The number of benzene rings is 10. The average Bonchev–Trinajstić information content (AvgIpc) is 3.40. The highest BCUT2D eigenvalue weighted by Gasteiger charge is 2.29. The van der Waals surface area contributed by atoms with Gasteiger partial charge in [0.05, 0.1) is 0 Å². The van der Waals surface area contributed by atoms with E-state index in [2.05, 4.69) is 64.1 Å². The standard InChI is InChI=1S/C39H32O2.C27H24O2/c1-39(2,31-23-33(27-15-7-3-8-16-27)37(40)34(24-31)28-17-9-4-10-18-28)32-25-35(29-19-11-5-12-20-29)38(41)36(26-32)30-21-13-6-14-22-30;1-27(2,21-13-15-25(28)23(17-21)19-9-5-3-6-10-19)22-14-16-26(29)24(18-22)20-11-7-4-8-12-20/h3-26,40-41H,1-2H3;3-18,28-29H,1-2H3. The molecule has 10 rings (SSSR count). The third-order valence-corrected chi connectivity index (χ3v) is 13.6. The van der Waals surface area contributed by atoms with Crippen LogP contribution in [0, 0.1) is 0 Å². The lowest BCUT2D eigenvalue weighted by molar-refractivity contribution is 0.475. The van der Waals surface area contributed by atoms with Crippen molar-refractivity contribution in [1.29, 1.82) is 0 Å². The fourth-order valence-corrected chi connectivity index (χ4v) is 9.22. The van der Waals surface area contributed by atoms with Crippen molar-refractivity contribution in [2.45, 2.75) is 38.5 Å². The lowest BCUT2D eigenvalue weighted by atomic mass is 9.74. The van der Waals surface area contributed by atoms with Crippen molar-refractivity contribution in [2.75, 3.05) is 0 Å². The summed E-state index contributed by atoms with van der Waals surface area (Å²) in [4.78, 5) is 0. The molecular formula is C66H56O4. The normalized spacial score (nSPS) is 11.4. The minimum Gasteiger partial charge on any atom is -0.507 e. The Labute approximate surface area is 411 Å². The van der Waals surface area contributed by atoms with Crippen molar-refractivity contribution in [2.24, 2.45) is 0 Å². The van der Waals surface area contributed by atoms with Gasteiger partial charge in [0.1, 0.15) is 23.0 Å². The van der Waals surface area contributed by atoms with E-state index >= 15 is 0 Å². The largest absolute Gasteiger partial charge is 0.507 e. The summed E-state index contributed by atoms with van der Waals surface area (Å²) in [5.41, 5.74) is 14.2. The highest BCUT2D eigenvalue weighted by molar-refractivity contribution is 5.86. The van der Waals surface area contributed by atoms with Crippen molar-refractivity contribution in [3.8, 4) is 89.8 Å². The maximum Gasteiger partial charge on any atom is 0.131 e. The van der Waals surface area contributed by atoms with Crippen LogP contribution in [0.25, 0.3) is 66.8 Å². The first-order chi connectivity index (χ1) is 33.9. The lowest BCUT2D eigenvalue weighted by Gasteiger charge is -2.30. The van der Waals surface area contributed by atoms with E-state index in [1.165, 1.54) is 0 Å². The molecule has 0 fully saturated rings. The SMILES string of the molecule is CC(C)(c1cc(-c2ccccc2)c(O)c(-c2ccccc2)c1)c1cc(-c2ccccc2)c(O)c(-c2ccccc2)c1.CC(C)(c1ccc(O)c(-c2ccccc2)c1)c1ccc(O)c(-c2ccccc2)c1. The number of phenols is 4. The van der Waals surface area contributed by atoms with Gasteiger partial charge in [0, 0.05) is 44.2 Å². The third kappa shape index (κ3) is 9.58. The molecule has 0 aliphatic heterocycles. The van der Waals surface area contributed by atoms with Gasteiger partial charge >= 0.3 is 0 Å². The molecule has 0 radical (unpaired) electrons. The van der Waals surface area contributed by atoms with Gasteiger partial charge < -0.3 is 20.4 Å². The fourth-order valence-electron chi connectivity index (χ4n) is 9.22. The molecule has 4 N–H and O–H groups in total. The smallest absolute Gasteiger partial charge is 0.131 e. The van der Waals surface area contributed by atoms with Crippen molar-refractivity contribution in [3.63, 3.8) is 0 Å². The van der Waals surface area contributed by atoms with Crippen LogP contribution in [0.2, 0.25) is 0 Å². The molecule has 4 heteroatoms. The zero-order valence-electron chi connectivity index (χ0n) is 39.9. The Kier molecular flexibility index (Phi) is 13.2. The van der Waals surface area contributed by atoms with Crippen LogP contribution in [0.4, 0.5) is 0 Å². The number of hydrogen-bond acceptors (Lipinski definition) is 4. The first-order valence-corrected chi connectivity index (χ1v) is 23.6. The molecule has 344 valence electrons. The van der Waals surface area contributed by atoms with Gasteiger partial charge in [-0.25, -0.2) is 0 Å². The molecule has 4 nitrogen and oxygen atoms in total. The molecule has 0 heterocycles. The Bertz CT molecular complexity index is 3020. The molecular weight excluding hydrogens is 857 g/mol. The van der Waals surface area contributed by atoms with Crippen molar-refractivity contribution in [3.05, 3.63) is 265 Å². The quantitative estimate of drug-likeness (QED) is 0.110. The van der Waals surface area contributed by atoms with E-state index in [4.69, 9.17) is 0 Å². The highest BCUT2D eigenvalue weighted by atomic mass is 16.3. The molecule has 0 saturated heterocycles. The molecule has 0 atom stereocenters.